The van der Waals surface area contributed by atoms with Gasteiger partial charge < -0.3 is 15.0 Å². The third kappa shape index (κ3) is 4.32. The number of rotatable bonds is 5. The summed E-state index contributed by atoms with van der Waals surface area (Å²) in [4.78, 5) is 38.9. The topological polar surface area (TPSA) is 88.3 Å². The number of carbonyl (C=O) groups excluding carboxylic acids is 2. The molecule has 2 aromatic carbocycles. The number of benzene rings is 2. The summed E-state index contributed by atoms with van der Waals surface area (Å²) in [6, 6.07) is 14.8. The van der Waals surface area contributed by atoms with Crippen LogP contribution in [-0.2, 0) is 4.74 Å². The summed E-state index contributed by atoms with van der Waals surface area (Å²) in [5.41, 5.74) is 1.25. The number of pyridine rings is 1. The van der Waals surface area contributed by atoms with Crippen LogP contribution in [0, 0.1) is 5.82 Å². The summed E-state index contributed by atoms with van der Waals surface area (Å²) in [7, 11) is 0. The molecule has 1 aromatic heterocycles. The molecule has 7 heteroatoms. The van der Waals surface area contributed by atoms with Crippen molar-refractivity contribution < 1.29 is 18.7 Å². The van der Waals surface area contributed by atoms with Crippen LogP contribution in [0.1, 0.15) is 27.6 Å². The molecule has 6 nitrogen and oxygen atoms in total. The molecule has 2 N–H and O–H groups in total. The van der Waals surface area contributed by atoms with Crippen molar-refractivity contribution in [3.63, 3.8) is 0 Å². The molecule has 3 rings (SSSR count). The Morgan fingerprint density at radius 1 is 1.00 bits per heavy atom. The molecule has 1 heterocycles. The van der Waals surface area contributed by atoms with Crippen LogP contribution in [0.3, 0.4) is 0 Å². The molecule has 1 amide bonds. The van der Waals surface area contributed by atoms with Gasteiger partial charge in [0.1, 0.15) is 11.4 Å². The normalized spacial score (nSPS) is 10.4. The number of esters is 1. The van der Waals surface area contributed by atoms with E-state index in [9.17, 15) is 18.8 Å². The number of hydrogen-bond donors (Lipinski definition) is 2. The molecule has 0 fully saturated rings. The zero-order valence-electron chi connectivity index (χ0n) is 15.0. The molecule has 0 saturated carbocycles. The Labute approximate surface area is 160 Å². The van der Waals surface area contributed by atoms with E-state index in [1.54, 1.807) is 25.1 Å². The van der Waals surface area contributed by atoms with Crippen molar-refractivity contribution in [2.45, 2.75) is 6.92 Å². The fraction of sp³-hybridized carbons (Fsp3) is 0.0952. The Morgan fingerprint density at radius 3 is 2.29 bits per heavy atom. The minimum Gasteiger partial charge on any atom is -0.462 e. The maximum atomic E-state index is 13.0. The van der Waals surface area contributed by atoms with Crippen LogP contribution < -0.4 is 10.9 Å². The van der Waals surface area contributed by atoms with Gasteiger partial charge in [0.25, 0.3) is 11.5 Å². The van der Waals surface area contributed by atoms with E-state index in [1.807, 2.05) is 0 Å². The summed E-state index contributed by atoms with van der Waals surface area (Å²) < 4.78 is 17.9. The van der Waals surface area contributed by atoms with Gasteiger partial charge in [0.05, 0.1) is 12.2 Å². The van der Waals surface area contributed by atoms with Crippen molar-refractivity contribution in [2.24, 2.45) is 0 Å². The summed E-state index contributed by atoms with van der Waals surface area (Å²) in [5.74, 6) is -1.42. The number of carbonyl (C=O) groups is 2. The van der Waals surface area contributed by atoms with E-state index in [-0.39, 0.29) is 18.0 Å². The zero-order chi connectivity index (χ0) is 20.1. The van der Waals surface area contributed by atoms with Crippen molar-refractivity contribution in [2.75, 3.05) is 11.9 Å². The van der Waals surface area contributed by atoms with Gasteiger partial charge in [-0.25, -0.2) is 9.18 Å². The average molecular weight is 380 g/mol. The fourth-order valence-electron chi connectivity index (χ4n) is 2.55. The highest BCUT2D eigenvalue weighted by Crippen LogP contribution is 2.17. The number of H-pyrrole nitrogens is 1. The lowest BCUT2D eigenvalue weighted by Crippen LogP contribution is -2.23. The third-order valence-electron chi connectivity index (χ3n) is 3.96. The molecular formula is C21H17FN2O4. The molecule has 0 aliphatic rings. The lowest BCUT2D eigenvalue weighted by molar-refractivity contribution is 0.0526. The first-order valence-corrected chi connectivity index (χ1v) is 8.55. The molecule has 3 aromatic rings. The van der Waals surface area contributed by atoms with Gasteiger partial charge in [0.15, 0.2) is 0 Å². The van der Waals surface area contributed by atoms with E-state index in [1.165, 1.54) is 42.5 Å². The standard InChI is InChI=1S/C21H17FN2O4/c1-2-28-21(27)14-5-9-16(10-6-14)23-19(25)17-11-12-18(24-20(17)26)13-3-7-15(22)8-4-13/h3-12H,2H2,1H3,(H,23,25)(H,24,26). The van der Waals surface area contributed by atoms with E-state index in [0.29, 0.717) is 22.5 Å². The SMILES string of the molecule is CCOC(=O)c1ccc(NC(=O)c2ccc(-c3ccc(F)cc3)[nH]c2=O)cc1. The smallest absolute Gasteiger partial charge is 0.338 e. The lowest BCUT2D eigenvalue weighted by Gasteiger charge is -2.07. The van der Waals surface area contributed by atoms with Crippen molar-refractivity contribution in [3.8, 4) is 11.3 Å². The Kier molecular flexibility index (Phi) is 5.64. The number of hydrogen-bond acceptors (Lipinski definition) is 4. The van der Waals surface area contributed by atoms with E-state index in [2.05, 4.69) is 10.3 Å². The molecule has 0 atom stereocenters. The Bertz CT molecular complexity index is 1060. The number of nitrogens with one attached hydrogen (secondary N) is 2. The van der Waals surface area contributed by atoms with Crippen molar-refractivity contribution in [1.82, 2.24) is 4.98 Å². The molecular weight excluding hydrogens is 363 g/mol. The van der Waals surface area contributed by atoms with Gasteiger partial charge >= 0.3 is 5.97 Å². The molecule has 142 valence electrons. The first kappa shape index (κ1) is 19.0. The monoisotopic (exact) mass is 380 g/mol. The van der Waals surface area contributed by atoms with Gasteiger partial charge in [0, 0.05) is 11.4 Å². The van der Waals surface area contributed by atoms with Gasteiger partial charge in [-0.05, 0) is 73.2 Å². The highest BCUT2D eigenvalue weighted by Gasteiger charge is 2.13. The molecule has 0 aliphatic carbocycles. The highest BCUT2D eigenvalue weighted by molar-refractivity contribution is 6.04. The highest BCUT2D eigenvalue weighted by atomic mass is 19.1. The zero-order valence-corrected chi connectivity index (χ0v) is 15.0. The lowest BCUT2D eigenvalue weighted by atomic mass is 10.1. The van der Waals surface area contributed by atoms with E-state index < -0.39 is 17.4 Å². The Balaban J connectivity index is 1.75. The summed E-state index contributed by atoms with van der Waals surface area (Å²) in [6.07, 6.45) is 0. The molecule has 0 radical (unpaired) electrons. The van der Waals surface area contributed by atoms with Crippen molar-refractivity contribution in [1.29, 1.82) is 0 Å². The Hall–Kier alpha value is -3.74. The molecule has 0 aliphatic heterocycles. The number of anilines is 1. The maximum absolute atomic E-state index is 13.0. The van der Waals surface area contributed by atoms with Crippen molar-refractivity contribution >= 4 is 17.6 Å². The summed E-state index contributed by atoms with van der Waals surface area (Å²) in [5, 5.41) is 2.60. The molecule has 0 saturated heterocycles. The Morgan fingerprint density at radius 2 is 1.68 bits per heavy atom. The second kappa shape index (κ2) is 8.30. The van der Waals surface area contributed by atoms with Gasteiger partial charge in [-0.3, -0.25) is 9.59 Å². The van der Waals surface area contributed by atoms with Crippen molar-refractivity contribution in [3.05, 3.63) is 88.0 Å². The van der Waals surface area contributed by atoms with E-state index in [0.717, 1.165) is 0 Å². The molecule has 0 unspecified atom stereocenters. The van der Waals surface area contributed by atoms with Gasteiger partial charge in [-0.2, -0.15) is 0 Å². The van der Waals surface area contributed by atoms with Crippen LogP contribution in [0.5, 0.6) is 0 Å². The number of amides is 1. The van der Waals surface area contributed by atoms with E-state index in [4.69, 9.17) is 4.74 Å². The minimum atomic E-state index is -0.587. The summed E-state index contributed by atoms with van der Waals surface area (Å²) in [6.45, 7) is 1.99. The van der Waals surface area contributed by atoms with Crippen LogP contribution in [0.4, 0.5) is 10.1 Å². The number of aromatic amines is 1. The number of ether oxygens (including phenoxy) is 1. The maximum Gasteiger partial charge on any atom is 0.338 e. The molecule has 28 heavy (non-hydrogen) atoms. The van der Waals surface area contributed by atoms with Crippen LogP contribution in [-0.4, -0.2) is 23.5 Å². The predicted molar refractivity (Wildman–Crippen MR) is 103 cm³/mol. The van der Waals surface area contributed by atoms with Crippen LogP contribution in [0.2, 0.25) is 0 Å². The van der Waals surface area contributed by atoms with Crippen LogP contribution >= 0.6 is 0 Å². The van der Waals surface area contributed by atoms with E-state index >= 15 is 0 Å². The predicted octanol–water partition coefficient (Wildman–Crippen LogP) is 3.61. The van der Waals surface area contributed by atoms with Gasteiger partial charge in [0.2, 0.25) is 0 Å². The van der Waals surface area contributed by atoms with Gasteiger partial charge in [-0.15, -0.1) is 0 Å². The second-order valence-corrected chi connectivity index (χ2v) is 5.87. The molecule has 0 bridgehead atoms. The largest absolute Gasteiger partial charge is 0.462 e. The number of halogens is 1. The van der Waals surface area contributed by atoms with Gasteiger partial charge in [-0.1, -0.05) is 0 Å². The first-order chi connectivity index (χ1) is 13.5. The first-order valence-electron chi connectivity index (χ1n) is 8.55. The van der Waals surface area contributed by atoms with Crippen LogP contribution in [0.15, 0.2) is 65.5 Å². The fourth-order valence-corrected chi connectivity index (χ4v) is 2.55. The second-order valence-electron chi connectivity index (χ2n) is 5.87. The average Bonchev–Trinajstić information content (AvgIpc) is 2.69. The minimum absolute atomic E-state index is 0.0691. The summed E-state index contributed by atoms with van der Waals surface area (Å²) >= 11 is 0. The quantitative estimate of drug-likeness (QED) is 0.662. The van der Waals surface area contributed by atoms with Crippen LogP contribution in [0.25, 0.3) is 11.3 Å². The number of aromatic nitrogens is 1. The third-order valence-corrected chi connectivity index (χ3v) is 3.96. The molecule has 0 spiro atoms.